The van der Waals surface area contributed by atoms with Crippen LogP contribution in [0.15, 0.2) is 85.1 Å². The van der Waals surface area contributed by atoms with Crippen molar-refractivity contribution in [1.29, 1.82) is 0 Å². The SMILES string of the molecule is CCC/C=C/C=C/C=C/C=C/C=C/CCCCCC(CC(=O)NC(CO)C(O)CCCCCCCCCCCCCCC)OC(=O)CCCCCCC/C=C/C=C/CCCCCCCCC. The van der Waals surface area contributed by atoms with Crippen molar-refractivity contribution in [3.05, 3.63) is 85.1 Å². The van der Waals surface area contributed by atoms with Gasteiger partial charge in [-0.3, -0.25) is 9.59 Å². The second-order valence-electron chi connectivity index (χ2n) is 18.8. The average molecular weight is 921 g/mol. The maximum atomic E-state index is 13.2. The van der Waals surface area contributed by atoms with Gasteiger partial charge in [-0.05, 0) is 70.6 Å². The molecule has 0 radical (unpaired) electrons. The summed E-state index contributed by atoms with van der Waals surface area (Å²) in [5.74, 6) is -0.534. The lowest BCUT2D eigenvalue weighted by atomic mass is 10.0. The van der Waals surface area contributed by atoms with Crippen LogP contribution < -0.4 is 5.32 Å². The number of hydrogen-bond acceptors (Lipinski definition) is 5. The Morgan fingerprint density at radius 1 is 0.439 bits per heavy atom. The molecule has 3 N–H and O–H groups in total. The number of esters is 1. The van der Waals surface area contributed by atoms with Crippen molar-refractivity contribution < 1.29 is 24.5 Å². The summed E-state index contributed by atoms with van der Waals surface area (Å²) < 4.78 is 5.93. The number of amides is 1. The summed E-state index contributed by atoms with van der Waals surface area (Å²) >= 11 is 0. The van der Waals surface area contributed by atoms with Crippen LogP contribution in [-0.4, -0.2) is 46.9 Å². The molecule has 3 unspecified atom stereocenters. The molecule has 0 spiro atoms. The fourth-order valence-electron chi connectivity index (χ4n) is 8.10. The maximum absolute atomic E-state index is 13.2. The third kappa shape index (κ3) is 47.5. The number of ether oxygens (including phenoxy) is 1. The third-order valence-corrected chi connectivity index (χ3v) is 12.3. The van der Waals surface area contributed by atoms with Gasteiger partial charge in [0.25, 0.3) is 0 Å². The van der Waals surface area contributed by atoms with Crippen molar-refractivity contribution in [2.75, 3.05) is 6.61 Å². The molecule has 0 saturated carbocycles. The third-order valence-electron chi connectivity index (χ3n) is 12.3. The van der Waals surface area contributed by atoms with Crippen LogP contribution in [0.2, 0.25) is 0 Å². The molecule has 3 atom stereocenters. The van der Waals surface area contributed by atoms with Crippen LogP contribution in [0.1, 0.15) is 258 Å². The normalized spacial score (nSPS) is 13.8. The number of aliphatic hydroxyl groups is 2. The molecule has 0 fully saturated rings. The van der Waals surface area contributed by atoms with Crippen molar-refractivity contribution in [2.45, 2.75) is 277 Å². The lowest BCUT2D eigenvalue weighted by Crippen LogP contribution is -2.46. The fourth-order valence-corrected chi connectivity index (χ4v) is 8.10. The second kappa shape index (κ2) is 53.0. The number of carbonyl (C=O) groups excluding carboxylic acids is 2. The van der Waals surface area contributed by atoms with Crippen LogP contribution in [0.25, 0.3) is 0 Å². The molecular weight excluding hydrogens is 815 g/mol. The van der Waals surface area contributed by atoms with E-state index >= 15 is 0 Å². The number of carbonyl (C=O) groups is 2. The first kappa shape index (κ1) is 63.0. The molecule has 0 heterocycles. The zero-order valence-electron chi connectivity index (χ0n) is 43.3. The van der Waals surface area contributed by atoms with E-state index < -0.39 is 18.2 Å². The Bertz CT molecular complexity index is 1260. The fraction of sp³-hybridized carbons (Fsp3) is 0.733. The monoisotopic (exact) mass is 920 g/mol. The van der Waals surface area contributed by atoms with E-state index in [1.807, 2.05) is 36.5 Å². The van der Waals surface area contributed by atoms with E-state index in [1.54, 1.807) is 0 Å². The number of rotatable bonds is 49. The zero-order chi connectivity index (χ0) is 48.1. The molecule has 0 aliphatic carbocycles. The summed E-state index contributed by atoms with van der Waals surface area (Å²) in [5.41, 5.74) is 0. The van der Waals surface area contributed by atoms with Gasteiger partial charge in [0, 0.05) is 6.42 Å². The molecular formula is C60H105NO5. The Balaban J connectivity index is 4.70. The Hall–Kier alpha value is -2.96. The van der Waals surface area contributed by atoms with Crippen LogP contribution in [-0.2, 0) is 14.3 Å². The molecule has 6 heteroatoms. The summed E-state index contributed by atoms with van der Waals surface area (Å²) in [4.78, 5) is 26.2. The highest BCUT2D eigenvalue weighted by molar-refractivity contribution is 5.77. The van der Waals surface area contributed by atoms with Crippen LogP contribution in [0.3, 0.4) is 0 Å². The summed E-state index contributed by atoms with van der Waals surface area (Å²) in [7, 11) is 0. The van der Waals surface area contributed by atoms with E-state index in [0.717, 1.165) is 89.9 Å². The minimum atomic E-state index is -0.807. The molecule has 1 amide bonds. The van der Waals surface area contributed by atoms with Gasteiger partial charge < -0.3 is 20.3 Å². The number of unbranched alkanes of at least 4 members (excludes halogenated alkanes) is 28. The molecule has 0 aliphatic rings. The predicted molar refractivity (Wildman–Crippen MR) is 287 cm³/mol. The van der Waals surface area contributed by atoms with Gasteiger partial charge in [-0.25, -0.2) is 0 Å². The second-order valence-corrected chi connectivity index (χ2v) is 18.8. The van der Waals surface area contributed by atoms with E-state index in [4.69, 9.17) is 4.74 Å². The van der Waals surface area contributed by atoms with Crippen LogP contribution in [0.5, 0.6) is 0 Å². The Kier molecular flexibility index (Phi) is 50.6. The number of hydrogen-bond donors (Lipinski definition) is 3. The van der Waals surface area contributed by atoms with Crippen LogP contribution >= 0.6 is 0 Å². The standard InChI is InChI=1S/C60H105NO5/c1-4-7-10-13-16-19-22-25-27-29-30-32-35-38-41-44-47-50-53-60(65)66-56(51-48-45-42-39-36-34-31-28-26-23-20-17-14-11-8-5-2)54-59(64)61-57(55-62)58(63)52-49-46-43-40-37-33-24-21-18-15-12-9-6-3/h11,14,17,20,23,26-32,34,36,56-58,62-63H,4-10,12-13,15-16,18-19,21-22,24-25,33,35,37-55H2,1-3H3,(H,61,64)/b14-11+,20-17+,26-23+,29-27+,31-28+,32-30+,36-34+. The van der Waals surface area contributed by atoms with Gasteiger partial charge in [0.1, 0.15) is 6.10 Å². The number of allylic oxidation sites excluding steroid dienone is 14. The first-order chi connectivity index (χ1) is 32.5. The van der Waals surface area contributed by atoms with Crippen molar-refractivity contribution in [1.82, 2.24) is 5.32 Å². The molecule has 0 aromatic carbocycles. The molecule has 0 aromatic heterocycles. The van der Waals surface area contributed by atoms with Crippen molar-refractivity contribution >= 4 is 11.9 Å². The number of aliphatic hydroxyl groups excluding tert-OH is 2. The summed E-state index contributed by atoms with van der Waals surface area (Å²) in [5, 5.41) is 23.8. The van der Waals surface area contributed by atoms with Gasteiger partial charge in [-0.1, -0.05) is 260 Å². The average Bonchev–Trinajstić information content (AvgIpc) is 3.31. The summed E-state index contributed by atoms with van der Waals surface area (Å²) in [6.07, 6.45) is 69.2. The minimum absolute atomic E-state index is 0.0396. The lowest BCUT2D eigenvalue weighted by molar-refractivity contribution is -0.151. The van der Waals surface area contributed by atoms with Gasteiger partial charge >= 0.3 is 5.97 Å². The molecule has 0 saturated heterocycles. The quantitative estimate of drug-likeness (QED) is 0.0321. The van der Waals surface area contributed by atoms with Crippen molar-refractivity contribution in [3.8, 4) is 0 Å². The molecule has 0 rings (SSSR count). The van der Waals surface area contributed by atoms with Crippen molar-refractivity contribution in [3.63, 3.8) is 0 Å². The van der Waals surface area contributed by atoms with E-state index in [0.29, 0.717) is 19.3 Å². The van der Waals surface area contributed by atoms with Gasteiger partial charge in [-0.15, -0.1) is 0 Å². The van der Waals surface area contributed by atoms with E-state index in [-0.39, 0.29) is 24.9 Å². The minimum Gasteiger partial charge on any atom is -0.462 e. The van der Waals surface area contributed by atoms with Gasteiger partial charge in [0.05, 0.1) is 25.2 Å². The van der Waals surface area contributed by atoms with E-state index in [9.17, 15) is 19.8 Å². The highest BCUT2D eigenvalue weighted by Gasteiger charge is 2.24. The molecule has 380 valence electrons. The highest BCUT2D eigenvalue weighted by Crippen LogP contribution is 2.17. The molecule has 66 heavy (non-hydrogen) atoms. The summed E-state index contributed by atoms with van der Waals surface area (Å²) in [6, 6.07) is -0.724. The van der Waals surface area contributed by atoms with E-state index in [2.05, 4.69) is 74.7 Å². The lowest BCUT2D eigenvalue weighted by Gasteiger charge is -2.24. The summed E-state index contributed by atoms with van der Waals surface area (Å²) in [6.45, 7) is 6.38. The molecule has 0 aromatic rings. The first-order valence-electron chi connectivity index (χ1n) is 27.9. The largest absolute Gasteiger partial charge is 0.462 e. The number of nitrogens with one attached hydrogen (secondary N) is 1. The maximum Gasteiger partial charge on any atom is 0.306 e. The smallest absolute Gasteiger partial charge is 0.306 e. The Morgan fingerprint density at radius 3 is 1.26 bits per heavy atom. The Morgan fingerprint density at radius 2 is 0.803 bits per heavy atom. The van der Waals surface area contributed by atoms with Gasteiger partial charge in [-0.2, -0.15) is 0 Å². The topological polar surface area (TPSA) is 95.9 Å². The van der Waals surface area contributed by atoms with Gasteiger partial charge in [0.2, 0.25) is 5.91 Å². The zero-order valence-corrected chi connectivity index (χ0v) is 43.3. The highest BCUT2D eigenvalue weighted by atomic mass is 16.5. The Labute approximate surface area is 408 Å². The first-order valence-corrected chi connectivity index (χ1v) is 27.9. The molecule has 0 bridgehead atoms. The predicted octanol–water partition coefficient (Wildman–Crippen LogP) is 17.1. The molecule has 0 aliphatic heterocycles. The molecule has 6 nitrogen and oxygen atoms in total. The van der Waals surface area contributed by atoms with Gasteiger partial charge in [0.15, 0.2) is 0 Å². The van der Waals surface area contributed by atoms with Crippen molar-refractivity contribution in [2.24, 2.45) is 0 Å². The van der Waals surface area contributed by atoms with Crippen LogP contribution in [0, 0.1) is 0 Å². The van der Waals surface area contributed by atoms with E-state index in [1.165, 1.54) is 122 Å². The van der Waals surface area contributed by atoms with Crippen LogP contribution in [0.4, 0.5) is 0 Å².